The van der Waals surface area contributed by atoms with E-state index in [1.807, 2.05) is 37.3 Å². The van der Waals surface area contributed by atoms with Gasteiger partial charge in [-0.25, -0.2) is 4.79 Å². The van der Waals surface area contributed by atoms with Crippen LogP contribution in [-0.4, -0.2) is 20.9 Å². The van der Waals surface area contributed by atoms with Crippen molar-refractivity contribution in [1.82, 2.24) is 15.0 Å². The van der Waals surface area contributed by atoms with Crippen molar-refractivity contribution in [3.05, 3.63) is 77.1 Å². The average molecular weight is 386 g/mol. The van der Waals surface area contributed by atoms with Gasteiger partial charge in [-0.15, -0.1) is 0 Å². The van der Waals surface area contributed by atoms with E-state index in [9.17, 15) is 4.79 Å². The number of hydrogen-bond donors (Lipinski definition) is 2. The van der Waals surface area contributed by atoms with E-state index in [4.69, 9.17) is 15.7 Å². The van der Waals surface area contributed by atoms with Gasteiger partial charge in [0, 0.05) is 11.8 Å². The van der Waals surface area contributed by atoms with Crippen LogP contribution in [0.15, 0.2) is 54.6 Å². The Morgan fingerprint density at radius 2 is 1.86 bits per heavy atom. The van der Waals surface area contributed by atoms with Crippen LogP contribution in [0.2, 0.25) is 0 Å². The van der Waals surface area contributed by atoms with Crippen molar-refractivity contribution in [1.29, 1.82) is 5.26 Å². The van der Waals surface area contributed by atoms with Gasteiger partial charge in [0.15, 0.2) is 12.4 Å². The van der Waals surface area contributed by atoms with Crippen LogP contribution < -0.4 is 11.1 Å². The molecular formula is C21H18N6O2. The molecule has 0 atom stereocenters. The van der Waals surface area contributed by atoms with Crippen molar-refractivity contribution in [3.63, 3.8) is 0 Å². The van der Waals surface area contributed by atoms with Crippen LogP contribution in [0.4, 0.5) is 17.6 Å². The molecule has 3 aromatic rings. The first-order chi connectivity index (χ1) is 14.0. The summed E-state index contributed by atoms with van der Waals surface area (Å²) in [5, 5.41) is 11.8. The molecule has 0 spiro atoms. The van der Waals surface area contributed by atoms with Crippen molar-refractivity contribution in [2.24, 2.45) is 0 Å². The molecule has 144 valence electrons. The van der Waals surface area contributed by atoms with E-state index in [2.05, 4.69) is 20.3 Å². The SMILES string of the molecule is Cc1ccc(Nc2nc(N)nc(COC(=O)/C=C/c3ccc(C#N)cc3)n2)cc1. The van der Waals surface area contributed by atoms with Crippen molar-refractivity contribution in [2.45, 2.75) is 13.5 Å². The number of nitrogens with two attached hydrogens (primary N) is 1. The Labute approximate surface area is 167 Å². The molecule has 8 heteroatoms. The summed E-state index contributed by atoms with van der Waals surface area (Å²) in [7, 11) is 0. The maximum atomic E-state index is 11.9. The molecule has 0 aliphatic heterocycles. The van der Waals surface area contributed by atoms with Crippen LogP contribution in [0.25, 0.3) is 6.08 Å². The number of aromatic nitrogens is 3. The fraction of sp³-hybridized carbons (Fsp3) is 0.0952. The van der Waals surface area contributed by atoms with Crippen LogP contribution in [0.1, 0.15) is 22.5 Å². The van der Waals surface area contributed by atoms with Gasteiger partial charge in [-0.2, -0.15) is 20.2 Å². The monoisotopic (exact) mass is 386 g/mol. The summed E-state index contributed by atoms with van der Waals surface area (Å²) in [5.41, 5.74) is 8.98. The molecular weight excluding hydrogens is 368 g/mol. The van der Waals surface area contributed by atoms with Crippen molar-refractivity contribution in [3.8, 4) is 6.07 Å². The number of ether oxygens (including phenoxy) is 1. The third-order valence-corrected chi connectivity index (χ3v) is 3.80. The Hall–Kier alpha value is -4.25. The normalized spacial score (nSPS) is 10.5. The second-order valence-corrected chi connectivity index (χ2v) is 6.10. The summed E-state index contributed by atoms with van der Waals surface area (Å²) < 4.78 is 5.16. The molecule has 0 saturated heterocycles. The minimum absolute atomic E-state index is 0.0220. The molecule has 0 saturated carbocycles. The molecule has 0 radical (unpaired) electrons. The van der Waals surface area contributed by atoms with Crippen LogP contribution >= 0.6 is 0 Å². The lowest BCUT2D eigenvalue weighted by Gasteiger charge is -2.07. The van der Waals surface area contributed by atoms with Gasteiger partial charge in [-0.1, -0.05) is 29.8 Å². The second-order valence-electron chi connectivity index (χ2n) is 6.10. The molecule has 8 nitrogen and oxygen atoms in total. The van der Waals surface area contributed by atoms with E-state index >= 15 is 0 Å². The summed E-state index contributed by atoms with van der Waals surface area (Å²) in [5.74, 6) is -0.0390. The van der Waals surface area contributed by atoms with Gasteiger partial charge in [0.25, 0.3) is 0 Å². The second kappa shape index (κ2) is 9.10. The number of anilines is 3. The molecule has 1 heterocycles. The number of nitrogens with one attached hydrogen (secondary N) is 1. The molecule has 0 amide bonds. The van der Waals surface area contributed by atoms with E-state index in [0.29, 0.717) is 5.56 Å². The number of carbonyl (C=O) groups is 1. The number of hydrogen-bond acceptors (Lipinski definition) is 8. The highest BCUT2D eigenvalue weighted by Crippen LogP contribution is 2.14. The van der Waals surface area contributed by atoms with Gasteiger partial charge in [-0.05, 0) is 42.8 Å². The zero-order valence-electron chi connectivity index (χ0n) is 15.7. The Morgan fingerprint density at radius 1 is 1.14 bits per heavy atom. The lowest BCUT2D eigenvalue weighted by Crippen LogP contribution is -2.10. The zero-order chi connectivity index (χ0) is 20.6. The first-order valence-electron chi connectivity index (χ1n) is 8.71. The molecule has 3 rings (SSSR count). The topological polar surface area (TPSA) is 127 Å². The van der Waals surface area contributed by atoms with Crippen LogP contribution in [-0.2, 0) is 16.1 Å². The number of carbonyl (C=O) groups excluding carboxylic acids is 1. The summed E-state index contributed by atoms with van der Waals surface area (Å²) in [4.78, 5) is 24.2. The van der Waals surface area contributed by atoms with Gasteiger partial charge < -0.3 is 15.8 Å². The van der Waals surface area contributed by atoms with E-state index < -0.39 is 5.97 Å². The number of nitriles is 1. The quantitative estimate of drug-likeness (QED) is 0.489. The summed E-state index contributed by atoms with van der Waals surface area (Å²) in [6.07, 6.45) is 2.88. The Balaban J connectivity index is 1.60. The molecule has 0 bridgehead atoms. The van der Waals surface area contributed by atoms with Crippen LogP contribution in [0.5, 0.6) is 0 Å². The van der Waals surface area contributed by atoms with E-state index in [0.717, 1.165) is 16.8 Å². The molecule has 2 aromatic carbocycles. The maximum absolute atomic E-state index is 11.9. The molecule has 0 aliphatic carbocycles. The minimum Gasteiger partial charge on any atom is -0.454 e. The van der Waals surface area contributed by atoms with Crippen LogP contribution in [0.3, 0.4) is 0 Å². The third-order valence-electron chi connectivity index (χ3n) is 3.80. The highest BCUT2D eigenvalue weighted by molar-refractivity contribution is 5.87. The summed E-state index contributed by atoms with van der Waals surface area (Å²) in [6.45, 7) is 1.85. The Kier molecular flexibility index (Phi) is 6.12. The average Bonchev–Trinajstić information content (AvgIpc) is 2.72. The van der Waals surface area contributed by atoms with E-state index in [-0.39, 0.29) is 24.3 Å². The fourth-order valence-electron chi connectivity index (χ4n) is 2.34. The maximum Gasteiger partial charge on any atom is 0.331 e. The molecule has 29 heavy (non-hydrogen) atoms. The predicted molar refractivity (Wildman–Crippen MR) is 109 cm³/mol. The first kappa shape index (κ1) is 19.5. The lowest BCUT2D eigenvalue weighted by molar-refractivity contribution is -0.139. The molecule has 0 fully saturated rings. The third kappa shape index (κ3) is 5.87. The lowest BCUT2D eigenvalue weighted by atomic mass is 10.1. The van der Waals surface area contributed by atoms with Crippen molar-refractivity contribution >= 4 is 29.6 Å². The number of rotatable bonds is 6. The minimum atomic E-state index is -0.554. The Bertz CT molecular complexity index is 1070. The smallest absolute Gasteiger partial charge is 0.331 e. The fourth-order valence-corrected chi connectivity index (χ4v) is 2.34. The zero-order valence-corrected chi connectivity index (χ0v) is 15.7. The van der Waals surface area contributed by atoms with E-state index in [1.165, 1.54) is 6.08 Å². The van der Waals surface area contributed by atoms with Crippen LogP contribution in [0, 0.1) is 18.3 Å². The number of esters is 1. The van der Waals surface area contributed by atoms with Gasteiger partial charge >= 0.3 is 5.97 Å². The number of benzene rings is 2. The number of nitrogen functional groups attached to an aromatic ring is 1. The number of nitrogens with zero attached hydrogens (tertiary/aromatic N) is 4. The molecule has 3 N–H and O–H groups in total. The van der Waals surface area contributed by atoms with Gasteiger partial charge in [-0.3, -0.25) is 0 Å². The number of aryl methyl sites for hydroxylation is 1. The first-order valence-corrected chi connectivity index (χ1v) is 8.71. The summed E-state index contributed by atoms with van der Waals surface area (Å²) in [6, 6.07) is 16.5. The van der Waals surface area contributed by atoms with E-state index in [1.54, 1.807) is 30.3 Å². The van der Waals surface area contributed by atoms with Gasteiger partial charge in [0.2, 0.25) is 11.9 Å². The van der Waals surface area contributed by atoms with Crippen molar-refractivity contribution in [2.75, 3.05) is 11.1 Å². The highest BCUT2D eigenvalue weighted by Gasteiger charge is 2.07. The molecule has 0 aliphatic rings. The van der Waals surface area contributed by atoms with Gasteiger partial charge in [0.05, 0.1) is 11.6 Å². The van der Waals surface area contributed by atoms with Gasteiger partial charge in [0.1, 0.15) is 0 Å². The highest BCUT2D eigenvalue weighted by atomic mass is 16.5. The predicted octanol–water partition coefficient (Wildman–Crippen LogP) is 3.13. The standard InChI is InChI=1S/C21H18N6O2/c1-14-2-9-17(10-3-14)24-21-26-18(25-20(23)27-21)13-29-19(28)11-8-15-4-6-16(12-22)7-5-15/h2-11H,13H2,1H3,(H3,23,24,25,26,27)/b11-8+. The molecule has 1 aromatic heterocycles. The molecule has 0 unspecified atom stereocenters. The summed E-state index contributed by atoms with van der Waals surface area (Å²) >= 11 is 0. The van der Waals surface area contributed by atoms with Crippen molar-refractivity contribution < 1.29 is 9.53 Å². The largest absolute Gasteiger partial charge is 0.454 e. The Morgan fingerprint density at radius 3 is 2.55 bits per heavy atom.